The van der Waals surface area contributed by atoms with Gasteiger partial charge in [-0.1, -0.05) is 86.6 Å². The molecule has 0 aliphatic carbocycles. The molecule has 264 valence electrons. The van der Waals surface area contributed by atoms with Gasteiger partial charge in [0.1, 0.15) is 36.2 Å². The minimum atomic E-state index is 0.252. The van der Waals surface area contributed by atoms with E-state index in [1.807, 2.05) is 12.1 Å². The Kier molecular flexibility index (Phi) is 14.9. The van der Waals surface area contributed by atoms with Gasteiger partial charge in [-0.05, 0) is 89.0 Å². The number of rotatable bonds is 20. The largest absolute Gasteiger partial charge is 0.493 e. The van der Waals surface area contributed by atoms with Crippen molar-refractivity contribution in [1.29, 1.82) is 0 Å². The lowest BCUT2D eigenvalue weighted by Crippen LogP contribution is -2.37. The zero-order chi connectivity index (χ0) is 35.2. The Hall–Kier alpha value is -4.00. The van der Waals surface area contributed by atoms with Gasteiger partial charge in [-0.25, -0.2) is 0 Å². The van der Waals surface area contributed by atoms with Crippen LogP contribution in [0.15, 0.2) is 84.9 Å². The molecule has 0 spiro atoms. The molecule has 0 fully saturated rings. The molecule has 0 bridgehead atoms. The Morgan fingerprint density at radius 1 is 0.490 bits per heavy atom. The number of aryl methyl sites for hydroxylation is 4. The molecule has 6 nitrogen and oxygen atoms in total. The fraction of sp³-hybridized carbons (Fsp3) is 0.442. The van der Waals surface area contributed by atoms with Gasteiger partial charge in [-0.3, -0.25) is 9.80 Å². The minimum absolute atomic E-state index is 0.252. The second kappa shape index (κ2) is 19.3. The molecule has 0 amide bonds. The molecule has 0 aliphatic rings. The highest BCUT2D eigenvalue weighted by Gasteiger charge is 2.18. The Labute approximate surface area is 296 Å². The van der Waals surface area contributed by atoms with Gasteiger partial charge in [0, 0.05) is 42.7 Å². The summed E-state index contributed by atoms with van der Waals surface area (Å²) in [6.07, 6.45) is 0.789. The number of ether oxygens (including phenoxy) is 4. The highest BCUT2D eigenvalue weighted by atomic mass is 16.5. The van der Waals surface area contributed by atoms with E-state index >= 15 is 0 Å². The normalized spacial score (nSPS) is 12.6. The van der Waals surface area contributed by atoms with Crippen molar-refractivity contribution < 1.29 is 18.9 Å². The minimum Gasteiger partial charge on any atom is -0.493 e. The Bertz CT molecular complexity index is 1430. The summed E-state index contributed by atoms with van der Waals surface area (Å²) in [6, 6.07) is 29.8. The van der Waals surface area contributed by atoms with Gasteiger partial charge in [-0.15, -0.1) is 0 Å². The van der Waals surface area contributed by atoms with Crippen LogP contribution in [-0.4, -0.2) is 61.4 Å². The van der Waals surface area contributed by atoms with E-state index in [1.54, 1.807) is 0 Å². The first-order valence-corrected chi connectivity index (χ1v) is 18.0. The second-order valence-electron chi connectivity index (χ2n) is 13.2. The molecule has 4 rings (SSSR count). The lowest BCUT2D eigenvalue weighted by Gasteiger charge is -2.29. The number of hydrogen-bond donors (Lipinski definition) is 0. The van der Waals surface area contributed by atoms with Crippen LogP contribution in [0.2, 0.25) is 0 Å². The molecule has 0 aliphatic heterocycles. The van der Waals surface area contributed by atoms with Crippen molar-refractivity contribution in [3.63, 3.8) is 0 Å². The van der Waals surface area contributed by atoms with Crippen molar-refractivity contribution in [3.8, 4) is 23.0 Å². The van der Waals surface area contributed by atoms with Crippen molar-refractivity contribution in [2.24, 2.45) is 0 Å². The monoisotopic (exact) mass is 666 g/mol. The fourth-order valence-electron chi connectivity index (χ4n) is 6.24. The molecule has 49 heavy (non-hydrogen) atoms. The van der Waals surface area contributed by atoms with Crippen molar-refractivity contribution in [2.75, 3.05) is 39.5 Å². The average Bonchev–Trinajstić information content (AvgIpc) is 3.09. The summed E-state index contributed by atoms with van der Waals surface area (Å²) >= 11 is 0. The maximum Gasteiger partial charge on any atom is 0.125 e. The molecule has 0 radical (unpaired) electrons. The maximum absolute atomic E-state index is 6.32. The molecule has 4 aromatic rings. The third-order valence-electron chi connectivity index (χ3n) is 9.31. The SMILES string of the molecule is CCN(Cc1ccccc1OCCCOc1ccccc1CN(CC)C(C)COc1c(C)cccc1C)C(C)COc1c(C)cccc1C. The summed E-state index contributed by atoms with van der Waals surface area (Å²) in [5.41, 5.74) is 7.07. The van der Waals surface area contributed by atoms with E-state index in [2.05, 4.69) is 138 Å². The highest BCUT2D eigenvalue weighted by molar-refractivity contribution is 5.41. The van der Waals surface area contributed by atoms with E-state index in [-0.39, 0.29) is 12.1 Å². The molecule has 0 heterocycles. The summed E-state index contributed by atoms with van der Waals surface area (Å²) in [5.74, 6) is 3.85. The smallest absolute Gasteiger partial charge is 0.125 e. The summed E-state index contributed by atoms with van der Waals surface area (Å²) in [6.45, 7) is 23.2. The third-order valence-corrected chi connectivity index (χ3v) is 9.31. The lowest BCUT2D eigenvalue weighted by molar-refractivity contribution is 0.142. The van der Waals surface area contributed by atoms with Crippen LogP contribution in [0.4, 0.5) is 0 Å². The van der Waals surface area contributed by atoms with Gasteiger partial charge in [0.15, 0.2) is 0 Å². The van der Waals surface area contributed by atoms with Crippen LogP contribution in [0.3, 0.4) is 0 Å². The first-order valence-electron chi connectivity index (χ1n) is 18.0. The summed E-state index contributed by atoms with van der Waals surface area (Å²) < 4.78 is 25.2. The van der Waals surface area contributed by atoms with E-state index in [1.165, 1.54) is 33.4 Å². The summed E-state index contributed by atoms with van der Waals surface area (Å²) in [7, 11) is 0. The standard InChI is InChI=1S/C43H58N2O4/c1-9-44(36(7)30-48-42-32(3)18-15-19-33(42)4)28-38-22-11-13-24-40(38)46-26-17-27-47-41-25-14-12-23-39(41)29-45(10-2)37(8)31-49-43-34(5)20-16-21-35(43)6/h11-16,18-25,36-37H,9-10,17,26-31H2,1-8H3. The van der Waals surface area contributed by atoms with E-state index in [9.17, 15) is 0 Å². The van der Waals surface area contributed by atoms with Gasteiger partial charge in [0.05, 0.1) is 13.2 Å². The molecule has 6 heteroatoms. The fourth-order valence-corrected chi connectivity index (χ4v) is 6.24. The number of para-hydroxylation sites is 4. The highest BCUT2D eigenvalue weighted by Crippen LogP contribution is 2.26. The van der Waals surface area contributed by atoms with Gasteiger partial charge < -0.3 is 18.9 Å². The van der Waals surface area contributed by atoms with Crippen molar-refractivity contribution >= 4 is 0 Å². The van der Waals surface area contributed by atoms with Crippen LogP contribution in [0.5, 0.6) is 23.0 Å². The van der Waals surface area contributed by atoms with Gasteiger partial charge in [0.2, 0.25) is 0 Å². The van der Waals surface area contributed by atoms with Crippen LogP contribution < -0.4 is 18.9 Å². The van der Waals surface area contributed by atoms with Gasteiger partial charge >= 0.3 is 0 Å². The quantitative estimate of drug-likeness (QED) is 0.0876. The molecule has 0 saturated carbocycles. The first-order chi connectivity index (χ1) is 23.7. The third kappa shape index (κ3) is 11.0. The van der Waals surface area contributed by atoms with E-state index in [4.69, 9.17) is 18.9 Å². The number of benzene rings is 4. The van der Waals surface area contributed by atoms with E-state index in [0.717, 1.165) is 55.6 Å². The molecule has 0 saturated heterocycles. The second-order valence-corrected chi connectivity index (χ2v) is 13.2. The molecule has 0 N–H and O–H groups in total. The zero-order valence-electron chi connectivity index (χ0n) is 31.1. The first kappa shape index (κ1) is 37.8. The molecule has 0 aromatic heterocycles. The van der Waals surface area contributed by atoms with Crippen LogP contribution >= 0.6 is 0 Å². The van der Waals surface area contributed by atoms with E-state index < -0.39 is 0 Å². The van der Waals surface area contributed by atoms with Crippen LogP contribution in [0.25, 0.3) is 0 Å². The van der Waals surface area contributed by atoms with Crippen molar-refractivity contribution in [3.05, 3.63) is 118 Å². The Balaban J connectivity index is 1.26. The Morgan fingerprint density at radius 3 is 1.22 bits per heavy atom. The average molecular weight is 667 g/mol. The number of hydrogen-bond acceptors (Lipinski definition) is 6. The molecular weight excluding hydrogens is 608 g/mol. The molecule has 2 unspecified atom stereocenters. The summed E-state index contributed by atoms with van der Waals surface area (Å²) in [4.78, 5) is 4.87. The number of nitrogens with zero attached hydrogens (tertiary/aromatic N) is 2. The predicted molar refractivity (Wildman–Crippen MR) is 202 cm³/mol. The van der Waals surface area contributed by atoms with Crippen LogP contribution in [0.1, 0.15) is 67.5 Å². The number of likely N-dealkylation sites (N-methyl/N-ethyl adjacent to an activating group) is 2. The predicted octanol–water partition coefficient (Wildman–Crippen LogP) is 9.35. The molecule has 2 atom stereocenters. The maximum atomic E-state index is 6.32. The van der Waals surface area contributed by atoms with E-state index in [0.29, 0.717) is 26.4 Å². The van der Waals surface area contributed by atoms with Crippen molar-refractivity contribution in [2.45, 2.75) is 87.0 Å². The lowest BCUT2D eigenvalue weighted by atomic mass is 10.1. The van der Waals surface area contributed by atoms with Crippen molar-refractivity contribution in [1.82, 2.24) is 9.80 Å². The molecule has 4 aromatic carbocycles. The van der Waals surface area contributed by atoms with Gasteiger partial charge in [0.25, 0.3) is 0 Å². The van der Waals surface area contributed by atoms with Crippen LogP contribution in [0, 0.1) is 27.7 Å². The van der Waals surface area contributed by atoms with Crippen LogP contribution in [-0.2, 0) is 13.1 Å². The molecular formula is C43H58N2O4. The summed E-state index contributed by atoms with van der Waals surface area (Å²) in [5, 5.41) is 0. The zero-order valence-corrected chi connectivity index (χ0v) is 31.1. The Morgan fingerprint density at radius 2 is 0.857 bits per heavy atom. The topological polar surface area (TPSA) is 43.4 Å². The van der Waals surface area contributed by atoms with Gasteiger partial charge in [-0.2, -0.15) is 0 Å².